The highest BCUT2D eigenvalue weighted by Crippen LogP contribution is 2.31. The van der Waals surface area contributed by atoms with Crippen LogP contribution in [0.2, 0.25) is 0 Å². The van der Waals surface area contributed by atoms with Crippen molar-refractivity contribution in [1.82, 2.24) is 0 Å². The molecule has 2 rings (SSSR count). The number of hydrogen-bond donors (Lipinski definition) is 0. The molecule has 18 heavy (non-hydrogen) atoms. The second-order valence-electron chi connectivity index (χ2n) is 4.03. The molecule has 2 aromatic rings. The number of fused-ring (bicyclic) bond motifs is 1. The van der Waals surface area contributed by atoms with Gasteiger partial charge in [0.1, 0.15) is 5.75 Å². The van der Waals surface area contributed by atoms with Crippen LogP contribution in [0, 0.1) is 6.92 Å². The first kappa shape index (κ1) is 12.7. The maximum Gasteiger partial charge on any atom is 0.256 e. The van der Waals surface area contributed by atoms with Crippen molar-refractivity contribution in [3.05, 3.63) is 53.8 Å². The number of carbonyl (C=O) groups excluding carboxylic acids is 1. The standard InChI is InChI=1S/C15H13ClO2/c1-3-8-18-14-12-6-4-10(2)9-11(12)5-7-13(14)15(16)17/h3-9H,1-2H3. The second-order valence-corrected chi connectivity index (χ2v) is 4.37. The summed E-state index contributed by atoms with van der Waals surface area (Å²) in [5.74, 6) is 0.505. The normalized spacial score (nSPS) is 11.1. The zero-order chi connectivity index (χ0) is 13.1. The summed E-state index contributed by atoms with van der Waals surface area (Å²) in [7, 11) is 0. The van der Waals surface area contributed by atoms with Gasteiger partial charge >= 0.3 is 0 Å². The van der Waals surface area contributed by atoms with E-state index in [0.29, 0.717) is 11.3 Å². The molecule has 0 saturated carbocycles. The molecule has 0 amide bonds. The molecule has 0 heterocycles. The maximum absolute atomic E-state index is 11.4. The summed E-state index contributed by atoms with van der Waals surface area (Å²) < 4.78 is 5.51. The van der Waals surface area contributed by atoms with Crippen molar-refractivity contribution in [2.45, 2.75) is 13.8 Å². The van der Waals surface area contributed by atoms with Crippen LogP contribution in [0.3, 0.4) is 0 Å². The molecule has 0 aliphatic heterocycles. The smallest absolute Gasteiger partial charge is 0.256 e. The third-order valence-corrected chi connectivity index (χ3v) is 2.86. The van der Waals surface area contributed by atoms with Crippen LogP contribution in [0.15, 0.2) is 42.7 Å². The van der Waals surface area contributed by atoms with Gasteiger partial charge in [0.25, 0.3) is 5.24 Å². The van der Waals surface area contributed by atoms with Crippen LogP contribution in [0.4, 0.5) is 0 Å². The minimum Gasteiger partial charge on any atom is -0.464 e. The first-order valence-corrected chi connectivity index (χ1v) is 6.02. The number of benzene rings is 2. The third kappa shape index (κ3) is 2.39. The highest BCUT2D eigenvalue weighted by atomic mass is 35.5. The van der Waals surface area contributed by atoms with Gasteiger partial charge in [0.05, 0.1) is 11.8 Å². The van der Waals surface area contributed by atoms with Crippen molar-refractivity contribution in [3.8, 4) is 5.75 Å². The van der Waals surface area contributed by atoms with Crippen LogP contribution < -0.4 is 4.74 Å². The Bertz CT molecular complexity index is 630. The van der Waals surface area contributed by atoms with Crippen molar-refractivity contribution < 1.29 is 9.53 Å². The molecule has 0 fully saturated rings. The number of hydrogen-bond acceptors (Lipinski definition) is 2. The van der Waals surface area contributed by atoms with E-state index in [4.69, 9.17) is 16.3 Å². The van der Waals surface area contributed by atoms with E-state index in [2.05, 4.69) is 0 Å². The van der Waals surface area contributed by atoms with Gasteiger partial charge in [0.2, 0.25) is 0 Å². The lowest BCUT2D eigenvalue weighted by atomic mass is 10.0. The fraction of sp³-hybridized carbons (Fsp3) is 0.133. The molecule has 0 saturated heterocycles. The molecule has 2 aromatic carbocycles. The Hall–Kier alpha value is -1.80. The Labute approximate surface area is 111 Å². The number of carbonyl (C=O) groups is 1. The molecule has 0 aliphatic carbocycles. The van der Waals surface area contributed by atoms with Crippen LogP contribution in [0.5, 0.6) is 5.75 Å². The number of halogens is 1. The van der Waals surface area contributed by atoms with E-state index in [-0.39, 0.29) is 0 Å². The summed E-state index contributed by atoms with van der Waals surface area (Å²) in [5, 5.41) is 1.39. The van der Waals surface area contributed by atoms with Gasteiger partial charge in [0.15, 0.2) is 0 Å². The van der Waals surface area contributed by atoms with Crippen molar-refractivity contribution in [3.63, 3.8) is 0 Å². The average molecular weight is 261 g/mol. The molecule has 3 heteroatoms. The van der Waals surface area contributed by atoms with Gasteiger partial charge in [-0.2, -0.15) is 0 Å². The molecular weight excluding hydrogens is 248 g/mol. The van der Waals surface area contributed by atoms with E-state index in [1.165, 1.54) is 6.26 Å². The molecule has 0 bridgehead atoms. The highest BCUT2D eigenvalue weighted by Gasteiger charge is 2.13. The molecule has 0 aromatic heterocycles. The van der Waals surface area contributed by atoms with Crippen LogP contribution >= 0.6 is 11.6 Å². The summed E-state index contributed by atoms with van der Waals surface area (Å²) in [5.41, 5.74) is 1.54. The Kier molecular flexibility index (Phi) is 3.68. The van der Waals surface area contributed by atoms with Gasteiger partial charge in [-0.25, -0.2) is 0 Å². The summed E-state index contributed by atoms with van der Waals surface area (Å²) in [6.45, 7) is 3.87. The maximum atomic E-state index is 11.4. The molecule has 0 atom stereocenters. The van der Waals surface area contributed by atoms with Gasteiger partial charge in [-0.3, -0.25) is 4.79 Å². The van der Waals surface area contributed by atoms with E-state index in [9.17, 15) is 4.79 Å². The topological polar surface area (TPSA) is 26.3 Å². The van der Waals surface area contributed by atoms with Crippen molar-refractivity contribution in [1.29, 1.82) is 0 Å². The van der Waals surface area contributed by atoms with E-state index >= 15 is 0 Å². The SMILES string of the molecule is CC=COc1c(C(=O)Cl)ccc2cc(C)ccc12. The monoisotopic (exact) mass is 260 g/mol. The van der Waals surface area contributed by atoms with Gasteiger partial charge in [-0.05, 0) is 36.9 Å². The lowest BCUT2D eigenvalue weighted by Gasteiger charge is -2.09. The summed E-state index contributed by atoms with van der Waals surface area (Å²) in [4.78, 5) is 11.4. The molecule has 0 radical (unpaired) electrons. The van der Waals surface area contributed by atoms with Gasteiger partial charge in [-0.15, -0.1) is 0 Å². The molecule has 0 unspecified atom stereocenters. The van der Waals surface area contributed by atoms with Crippen molar-refractivity contribution in [2.24, 2.45) is 0 Å². The molecular formula is C15H13ClO2. The Morgan fingerprint density at radius 3 is 2.72 bits per heavy atom. The summed E-state index contributed by atoms with van der Waals surface area (Å²) >= 11 is 5.58. The third-order valence-electron chi connectivity index (χ3n) is 2.66. The van der Waals surface area contributed by atoms with E-state index in [1.807, 2.05) is 38.1 Å². The van der Waals surface area contributed by atoms with Gasteiger partial charge in [-0.1, -0.05) is 35.9 Å². The van der Waals surface area contributed by atoms with Crippen molar-refractivity contribution in [2.75, 3.05) is 0 Å². The average Bonchev–Trinajstić information content (AvgIpc) is 2.35. The second kappa shape index (κ2) is 5.23. The predicted octanol–water partition coefficient (Wildman–Crippen LogP) is 4.44. The minimum absolute atomic E-state index is 0.381. The highest BCUT2D eigenvalue weighted by molar-refractivity contribution is 6.68. The van der Waals surface area contributed by atoms with Crippen LogP contribution in [0.25, 0.3) is 10.8 Å². The Morgan fingerprint density at radius 1 is 1.28 bits per heavy atom. The van der Waals surface area contributed by atoms with E-state index < -0.39 is 5.24 Å². The van der Waals surface area contributed by atoms with Crippen LogP contribution in [0.1, 0.15) is 22.8 Å². The Balaban J connectivity index is 2.71. The van der Waals surface area contributed by atoms with E-state index in [0.717, 1.165) is 16.3 Å². The van der Waals surface area contributed by atoms with Gasteiger partial charge in [0, 0.05) is 5.39 Å². The lowest BCUT2D eigenvalue weighted by Crippen LogP contribution is -1.96. The molecule has 2 nitrogen and oxygen atoms in total. The zero-order valence-electron chi connectivity index (χ0n) is 10.2. The van der Waals surface area contributed by atoms with Gasteiger partial charge < -0.3 is 4.74 Å². The number of rotatable bonds is 3. The first-order valence-electron chi connectivity index (χ1n) is 5.64. The van der Waals surface area contributed by atoms with Crippen LogP contribution in [-0.4, -0.2) is 5.24 Å². The first-order chi connectivity index (χ1) is 8.63. The summed E-state index contributed by atoms with van der Waals surface area (Å²) in [6, 6.07) is 9.52. The summed E-state index contributed by atoms with van der Waals surface area (Å²) in [6.07, 6.45) is 3.30. The van der Waals surface area contributed by atoms with Crippen molar-refractivity contribution >= 4 is 27.6 Å². The van der Waals surface area contributed by atoms with Crippen LogP contribution in [-0.2, 0) is 0 Å². The molecule has 0 aliphatic rings. The number of ether oxygens (including phenoxy) is 1. The fourth-order valence-electron chi connectivity index (χ4n) is 1.84. The molecule has 92 valence electrons. The molecule has 0 spiro atoms. The van der Waals surface area contributed by atoms with E-state index in [1.54, 1.807) is 12.1 Å². The molecule has 0 N–H and O–H groups in total. The number of allylic oxidation sites excluding steroid dienone is 1. The fourth-order valence-corrected chi connectivity index (χ4v) is 1.99. The number of aryl methyl sites for hydroxylation is 1. The largest absolute Gasteiger partial charge is 0.464 e. The lowest BCUT2D eigenvalue weighted by molar-refractivity contribution is 0.107. The predicted molar refractivity (Wildman–Crippen MR) is 74.3 cm³/mol. The quantitative estimate of drug-likeness (QED) is 0.602. The minimum atomic E-state index is -0.517. The Morgan fingerprint density at radius 2 is 2.06 bits per heavy atom. The zero-order valence-corrected chi connectivity index (χ0v) is 11.0.